The van der Waals surface area contributed by atoms with Crippen molar-refractivity contribution in [2.24, 2.45) is 0 Å². The van der Waals surface area contributed by atoms with Crippen LogP contribution in [-0.4, -0.2) is 31.5 Å². The van der Waals surface area contributed by atoms with Gasteiger partial charge in [0.05, 0.1) is 10.2 Å². The van der Waals surface area contributed by atoms with Crippen LogP contribution in [0, 0.1) is 0 Å². The molecule has 0 saturated carbocycles. The van der Waals surface area contributed by atoms with E-state index in [1.807, 2.05) is 45.9 Å². The van der Waals surface area contributed by atoms with Crippen molar-refractivity contribution in [3.8, 4) is 0 Å². The Morgan fingerprint density at radius 1 is 1.18 bits per heavy atom. The molecular weight excluding hydrogens is 372 g/mol. The number of hydrogen-bond donors (Lipinski definition) is 0. The fourth-order valence-electron chi connectivity index (χ4n) is 4.00. The van der Waals surface area contributed by atoms with Crippen molar-refractivity contribution in [1.82, 2.24) is 19.1 Å². The van der Waals surface area contributed by atoms with Crippen LogP contribution in [0.3, 0.4) is 0 Å². The summed E-state index contributed by atoms with van der Waals surface area (Å²) in [5, 5.41) is 6.54. The summed E-state index contributed by atoms with van der Waals surface area (Å²) in [5.41, 5.74) is 3.85. The molecule has 1 aliphatic rings. The summed E-state index contributed by atoms with van der Waals surface area (Å²) in [5.74, 6) is 0.726. The fourth-order valence-corrected chi connectivity index (χ4v) is 4.80. The van der Waals surface area contributed by atoms with Gasteiger partial charge in [0.1, 0.15) is 17.9 Å². The third-order valence-electron chi connectivity index (χ3n) is 5.46. The molecule has 0 N–H and O–H groups in total. The molecule has 1 amide bonds. The summed E-state index contributed by atoms with van der Waals surface area (Å²) in [4.78, 5) is 27.7. The number of carbonyl (C=O) groups is 1. The molecule has 0 atom stereocenters. The van der Waals surface area contributed by atoms with Crippen LogP contribution < -0.4 is 5.56 Å². The number of fused-ring (bicyclic) bond motifs is 4. The number of thiophene rings is 1. The monoisotopic (exact) mass is 392 g/mol. The van der Waals surface area contributed by atoms with Gasteiger partial charge in [-0.2, -0.15) is 5.10 Å². The van der Waals surface area contributed by atoms with Gasteiger partial charge in [0.25, 0.3) is 5.56 Å². The molecule has 0 spiro atoms. The number of carbonyl (C=O) groups excluding carboxylic acids is 1. The summed E-state index contributed by atoms with van der Waals surface area (Å²) in [6, 6.07) is 12.1. The first-order valence-corrected chi connectivity index (χ1v) is 10.4. The molecular formula is C21H20N4O2S. The van der Waals surface area contributed by atoms with Crippen LogP contribution in [0.5, 0.6) is 0 Å². The van der Waals surface area contributed by atoms with Gasteiger partial charge in [0.2, 0.25) is 5.91 Å². The normalized spacial score (nSPS) is 14.0. The quantitative estimate of drug-likeness (QED) is 0.539. The van der Waals surface area contributed by atoms with Crippen LogP contribution >= 0.6 is 11.3 Å². The van der Waals surface area contributed by atoms with Gasteiger partial charge in [-0.3, -0.25) is 14.0 Å². The lowest BCUT2D eigenvalue weighted by atomic mass is 10.00. The van der Waals surface area contributed by atoms with Crippen LogP contribution in [-0.2, 0) is 30.7 Å². The van der Waals surface area contributed by atoms with Gasteiger partial charge in [-0.1, -0.05) is 31.2 Å². The largest absolute Gasteiger partial charge is 0.336 e. The molecule has 5 rings (SSSR count). The number of benzene rings is 1. The number of nitrogens with zero attached hydrogens (tertiary/aromatic N) is 4. The molecule has 1 aliphatic heterocycles. The van der Waals surface area contributed by atoms with Gasteiger partial charge in [0, 0.05) is 19.5 Å². The Morgan fingerprint density at radius 2 is 2.00 bits per heavy atom. The number of hydrogen-bond acceptors (Lipinski definition) is 4. The minimum Gasteiger partial charge on any atom is -0.336 e. The van der Waals surface area contributed by atoms with Crippen molar-refractivity contribution in [2.45, 2.75) is 32.9 Å². The standard InChI is InChI=1S/C21H20N4O2S/c1-2-19-22-24(21(27)17-11-18-16(25(17)19)8-10-28-18)13-20(26)23-9-7-14-5-3-4-6-15(14)12-23/h3-6,8,10-11H,2,7,9,12-13H2,1H3. The van der Waals surface area contributed by atoms with E-state index < -0.39 is 0 Å². The molecule has 4 aromatic rings. The molecule has 142 valence electrons. The molecule has 6 nitrogen and oxygen atoms in total. The maximum absolute atomic E-state index is 13.0. The van der Waals surface area contributed by atoms with Crippen LogP contribution in [0.25, 0.3) is 15.7 Å². The summed E-state index contributed by atoms with van der Waals surface area (Å²) in [7, 11) is 0. The zero-order valence-corrected chi connectivity index (χ0v) is 16.4. The second-order valence-corrected chi connectivity index (χ2v) is 8.05. The zero-order chi connectivity index (χ0) is 19.3. The Bertz CT molecular complexity index is 1270. The molecule has 7 heteroatoms. The lowest BCUT2D eigenvalue weighted by molar-refractivity contribution is -0.133. The molecule has 0 saturated heterocycles. The summed E-state index contributed by atoms with van der Waals surface area (Å²) in [6.45, 7) is 3.25. The lowest BCUT2D eigenvalue weighted by Gasteiger charge is -2.29. The minimum absolute atomic E-state index is 0.0245. The van der Waals surface area contributed by atoms with Crippen LogP contribution in [0.15, 0.2) is 46.6 Å². The summed E-state index contributed by atoms with van der Waals surface area (Å²) in [6.07, 6.45) is 1.53. The van der Waals surface area contributed by atoms with Gasteiger partial charge >= 0.3 is 0 Å². The molecule has 0 aliphatic carbocycles. The fraction of sp³-hybridized carbons (Fsp3) is 0.286. The van der Waals surface area contributed by atoms with Gasteiger partial charge in [-0.25, -0.2) is 4.68 Å². The van der Waals surface area contributed by atoms with Crippen LogP contribution in [0.4, 0.5) is 0 Å². The highest BCUT2D eigenvalue weighted by atomic mass is 32.1. The number of rotatable bonds is 3. The molecule has 0 fully saturated rings. The number of aromatic nitrogens is 3. The van der Waals surface area contributed by atoms with E-state index >= 15 is 0 Å². The Balaban J connectivity index is 1.49. The summed E-state index contributed by atoms with van der Waals surface area (Å²) >= 11 is 1.60. The molecule has 1 aromatic carbocycles. The molecule has 3 aromatic heterocycles. The Hall–Kier alpha value is -2.93. The highest BCUT2D eigenvalue weighted by Gasteiger charge is 2.22. The molecule has 4 heterocycles. The highest BCUT2D eigenvalue weighted by molar-refractivity contribution is 7.17. The van der Waals surface area contributed by atoms with Crippen molar-refractivity contribution in [3.05, 3.63) is 69.1 Å². The van der Waals surface area contributed by atoms with E-state index in [0.717, 1.165) is 22.5 Å². The van der Waals surface area contributed by atoms with Gasteiger partial charge in [-0.05, 0) is 35.1 Å². The van der Waals surface area contributed by atoms with Crippen molar-refractivity contribution >= 4 is 33.0 Å². The maximum Gasteiger partial charge on any atom is 0.291 e. The van der Waals surface area contributed by atoms with Gasteiger partial charge < -0.3 is 4.90 Å². The lowest BCUT2D eigenvalue weighted by Crippen LogP contribution is -2.40. The first-order chi connectivity index (χ1) is 13.7. The average Bonchev–Trinajstić information content (AvgIpc) is 3.31. The van der Waals surface area contributed by atoms with Gasteiger partial charge in [-0.15, -0.1) is 11.3 Å². The Morgan fingerprint density at radius 3 is 2.82 bits per heavy atom. The Kier molecular flexibility index (Phi) is 4.05. The minimum atomic E-state index is -0.216. The van der Waals surface area contributed by atoms with E-state index in [9.17, 15) is 9.59 Å². The topological polar surface area (TPSA) is 59.6 Å². The second kappa shape index (κ2) is 6.60. The van der Waals surface area contributed by atoms with Crippen molar-refractivity contribution in [2.75, 3.05) is 6.54 Å². The molecule has 0 unspecified atom stereocenters. The third-order valence-corrected chi connectivity index (χ3v) is 6.31. The predicted octanol–water partition coefficient (Wildman–Crippen LogP) is 2.86. The predicted molar refractivity (Wildman–Crippen MR) is 110 cm³/mol. The molecule has 28 heavy (non-hydrogen) atoms. The SMILES string of the molecule is CCc1nn(CC(=O)N2CCc3ccccc3C2)c(=O)c2cc3sccc3n12. The maximum atomic E-state index is 13.0. The average molecular weight is 392 g/mol. The van der Waals surface area contributed by atoms with Gasteiger partial charge in [0.15, 0.2) is 0 Å². The van der Waals surface area contributed by atoms with Crippen LogP contribution in [0.2, 0.25) is 0 Å². The van der Waals surface area contributed by atoms with E-state index in [-0.39, 0.29) is 18.0 Å². The number of aryl methyl sites for hydroxylation is 1. The van der Waals surface area contributed by atoms with E-state index in [4.69, 9.17) is 0 Å². The van der Waals surface area contributed by atoms with Crippen molar-refractivity contribution in [1.29, 1.82) is 0 Å². The van der Waals surface area contributed by atoms with Crippen molar-refractivity contribution < 1.29 is 4.79 Å². The van der Waals surface area contributed by atoms with Crippen LogP contribution in [0.1, 0.15) is 23.9 Å². The third kappa shape index (κ3) is 2.65. The van der Waals surface area contributed by atoms with E-state index in [2.05, 4.69) is 17.2 Å². The summed E-state index contributed by atoms with van der Waals surface area (Å²) < 4.78 is 4.32. The molecule has 0 bridgehead atoms. The van der Waals surface area contributed by atoms with Crippen molar-refractivity contribution in [3.63, 3.8) is 0 Å². The van der Waals surface area contributed by atoms with E-state index in [0.29, 0.717) is 25.0 Å². The Labute approximate surface area is 165 Å². The van der Waals surface area contributed by atoms with E-state index in [1.165, 1.54) is 15.8 Å². The number of amides is 1. The second-order valence-electron chi connectivity index (χ2n) is 7.10. The first kappa shape index (κ1) is 17.2. The smallest absolute Gasteiger partial charge is 0.291 e. The van der Waals surface area contributed by atoms with E-state index in [1.54, 1.807) is 11.3 Å². The first-order valence-electron chi connectivity index (χ1n) is 9.49. The zero-order valence-electron chi connectivity index (χ0n) is 15.6. The molecule has 0 radical (unpaired) electrons. The highest BCUT2D eigenvalue weighted by Crippen LogP contribution is 2.25.